The van der Waals surface area contributed by atoms with Crippen molar-refractivity contribution in [3.63, 3.8) is 0 Å². The van der Waals surface area contributed by atoms with Crippen LogP contribution in [0.1, 0.15) is 21.9 Å². The van der Waals surface area contributed by atoms with Crippen LogP contribution in [0.3, 0.4) is 0 Å². The van der Waals surface area contributed by atoms with Gasteiger partial charge in [-0.3, -0.25) is 9.48 Å². The van der Waals surface area contributed by atoms with Crippen molar-refractivity contribution in [2.75, 3.05) is 11.1 Å². The Kier molecular flexibility index (Phi) is 3.01. The monoisotopic (exact) mass is 245 g/mol. The topological polar surface area (TPSA) is 85.8 Å². The molecule has 0 radical (unpaired) electrons. The summed E-state index contributed by atoms with van der Waals surface area (Å²) in [6.45, 7) is 3.62. The van der Waals surface area contributed by atoms with Gasteiger partial charge >= 0.3 is 0 Å². The van der Waals surface area contributed by atoms with Gasteiger partial charge in [0.25, 0.3) is 5.91 Å². The molecule has 0 aliphatic carbocycles. The highest BCUT2D eigenvalue weighted by Crippen LogP contribution is 2.16. The zero-order valence-corrected chi connectivity index (χ0v) is 10.6. The second-order valence-electron chi connectivity index (χ2n) is 4.09. The summed E-state index contributed by atoms with van der Waals surface area (Å²) in [7, 11) is 1.68. The van der Waals surface area contributed by atoms with Crippen LogP contribution >= 0.6 is 0 Å². The molecule has 0 bridgehead atoms. The van der Waals surface area contributed by atoms with Crippen LogP contribution in [-0.2, 0) is 7.05 Å². The molecule has 2 rings (SSSR count). The van der Waals surface area contributed by atoms with Gasteiger partial charge in [-0.25, -0.2) is 4.98 Å². The van der Waals surface area contributed by atoms with E-state index in [9.17, 15) is 4.79 Å². The van der Waals surface area contributed by atoms with E-state index in [-0.39, 0.29) is 5.91 Å². The molecule has 1 amide bonds. The highest BCUT2D eigenvalue weighted by Gasteiger charge is 2.18. The summed E-state index contributed by atoms with van der Waals surface area (Å²) in [5.74, 6) is 0.187. The Bertz CT molecular complexity index is 603. The molecular weight excluding hydrogens is 230 g/mol. The number of rotatable bonds is 2. The third kappa shape index (κ3) is 2.17. The molecule has 2 heterocycles. The van der Waals surface area contributed by atoms with Gasteiger partial charge < -0.3 is 11.1 Å². The summed E-state index contributed by atoms with van der Waals surface area (Å²) in [4.78, 5) is 16.3. The summed E-state index contributed by atoms with van der Waals surface area (Å²) >= 11 is 0. The van der Waals surface area contributed by atoms with Crippen molar-refractivity contribution in [3.05, 3.63) is 35.3 Å². The van der Waals surface area contributed by atoms with Crippen LogP contribution in [0.2, 0.25) is 0 Å². The molecule has 6 nitrogen and oxygen atoms in total. The van der Waals surface area contributed by atoms with E-state index in [1.807, 2.05) is 19.1 Å². The molecular formula is C12H15N5O. The number of hydrogen-bond acceptors (Lipinski definition) is 4. The molecule has 0 saturated carbocycles. The van der Waals surface area contributed by atoms with Crippen LogP contribution in [0.4, 0.5) is 11.5 Å². The number of nitrogen functional groups attached to an aromatic ring is 1. The van der Waals surface area contributed by atoms with Gasteiger partial charge in [0.05, 0.1) is 11.4 Å². The molecule has 0 aromatic carbocycles. The van der Waals surface area contributed by atoms with Gasteiger partial charge in [-0.05, 0) is 26.0 Å². The van der Waals surface area contributed by atoms with Gasteiger partial charge in [0.15, 0.2) is 0 Å². The van der Waals surface area contributed by atoms with Crippen molar-refractivity contribution >= 4 is 17.4 Å². The average molecular weight is 245 g/mol. The lowest BCUT2D eigenvalue weighted by atomic mass is 10.3. The van der Waals surface area contributed by atoms with E-state index < -0.39 is 0 Å². The number of nitrogens with two attached hydrogens (primary N) is 1. The first-order chi connectivity index (χ1) is 8.49. The number of aryl methyl sites for hydroxylation is 3. The maximum Gasteiger partial charge on any atom is 0.277 e. The minimum Gasteiger partial charge on any atom is -0.395 e. The van der Waals surface area contributed by atoms with E-state index in [4.69, 9.17) is 5.73 Å². The Morgan fingerprint density at radius 1 is 1.39 bits per heavy atom. The maximum absolute atomic E-state index is 12.1. The molecule has 2 aromatic rings. The van der Waals surface area contributed by atoms with Gasteiger partial charge in [-0.2, -0.15) is 5.10 Å². The van der Waals surface area contributed by atoms with Crippen LogP contribution in [-0.4, -0.2) is 20.7 Å². The molecule has 6 heteroatoms. The smallest absolute Gasteiger partial charge is 0.277 e. The van der Waals surface area contributed by atoms with Gasteiger partial charge in [-0.15, -0.1) is 0 Å². The molecule has 0 spiro atoms. The Morgan fingerprint density at radius 3 is 2.67 bits per heavy atom. The molecule has 0 fully saturated rings. The first-order valence-electron chi connectivity index (χ1n) is 5.53. The molecule has 0 aliphatic heterocycles. The fourth-order valence-electron chi connectivity index (χ4n) is 1.73. The first-order valence-corrected chi connectivity index (χ1v) is 5.53. The Balaban J connectivity index is 2.27. The van der Waals surface area contributed by atoms with Gasteiger partial charge in [-0.1, -0.05) is 6.07 Å². The quantitative estimate of drug-likeness (QED) is 0.834. The number of pyridine rings is 1. The summed E-state index contributed by atoms with van der Waals surface area (Å²) < 4.78 is 1.47. The van der Waals surface area contributed by atoms with Crippen LogP contribution < -0.4 is 11.1 Å². The number of hydrogen-bond donors (Lipinski definition) is 2. The van der Waals surface area contributed by atoms with E-state index in [2.05, 4.69) is 15.4 Å². The molecule has 0 aliphatic rings. The number of nitrogens with zero attached hydrogens (tertiary/aromatic N) is 3. The SMILES string of the molecule is Cc1cccc(NC(=O)c2c(N)c(C)nn2C)n1. The summed E-state index contributed by atoms with van der Waals surface area (Å²) in [6.07, 6.45) is 0. The van der Waals surface area contributed by atoms with Gasteiger partial charge in [0.2, 0.25) is 0 Å². The van der Waals surface area contributed by atoms with Crippen LogP contribution in [0, 0.1) is 13.8 Å². The molecule has 94 valence electrons. The second-order valence-corrected chi connectivity index (χ2v) is 4.09. The fourth-order valence-corrected chi connectivity index (χ4v) is 1.73. The number of carbonyl (C=O) groups excluding carboxylic acids is 1. The molecule has 18 heavy (non-hydrogen) atoms. The van der Waals surface area contributed by atoms with Crippen molar-refractivity contribution in [1.82, 2.24) is 14.8 Å². The Hall–Kier alpha value is -2.37. The summed E-state index contributed by atoms with van der Waals surface area (Å²) in [6, 6.07) is 5.42. The average Bonchev–Trinajstić information content (AvgIpc) is 2.53. The van der Waals surface area contributed by atoms with E-state index in [0.29, 0.717) is 22.9 Å². The number of aromatic nitrogens is 3. The highest BCUT2D eigenvalue weighted by molar-refractivity contribution is 6.06. The Labute approximate surface area is 105 Å². The largest absolute Gasteiger partial charge is 0.395 e. The summed E-state index contributed by atoms with van der Waals surface area (Å²) in [5.41, 5.74) is 8.03. The van der Waals surface area contributed by atoms with E-state index in [0.717, 1.165) is 5.69 Å². The van der Waals surface area contributed by atoms with E-state index in [1.54, 1.807) is 20.0 Å². The molecule has 3 N–H and O–H groups in total. The second kappa shape index (κ2) is 4.48. The standard InChI is InChI=1S/C12H15N5O/c1-7-5-4-6-9(14-7)15-12(18)11-10(13)8(2)16-17(11)3/h4-6H,13H2,1-3H3,(H,14,15,18). The summed E-state index contributed by atoms with van der Waals surface area (Å²) in [5, 5.41) is 6.80. The highest BCUT2D eigenvalue weighted by atomic mass is 16.2. The minimum absolute atomic E-state index is 0.311. The van der Waals surface area contributed by atoms with Gasteiger partial charge in [0.1, 0.15) is 11.5 Å². The van der Waals surface area contributed by atoms with Crippen LogP contribution in [0.25, 0.3) is 0 Å². The van der Waals surface area contributed by atoms with Crippen molar-refractivity contribution in [2.45, 2.75) is 13.8 Å². The molecule has 2 aromatic heterocycles. The zero-order valence-electron chi connectivity index (χ0n) is 10.6. The zero-order chi connectivity index (χ0) is 13.3. The predicted octanol–water partition coefficient (Wildman–Crippen LogP) is 1.27. The van der Waals surface area contributed by atoms with Crippen LogP contribution in [0.5, 0.6) is 0 Å². The maximum atomic E-state index is 12.1. The van der Waals surface area contributed by atoms with Crippen molar-refractivity contribution in [1.29, 1.82) is 0 Å². The lowest BCUT2D eigenvalue weighted by molar-refractivity contribution is 0.101. The lowest BCUT2D eigenvalue weighted by Gasteiger charge is -2.06. The number of amides is 1. The lowest BCUT2D eigenvalue weighted by Crippen LogP contribution is -2.18. The third-order valence-corrected chi connectivity index (χ3v) is 2.61. The first kappa shape index (κ1) is 12.1. The Morgan fingerprint density at radius 2 is 2.11 bits per heavy atom. The van der Waals surface area contributed by atoms with E-state index in [1.165, 1.54) is 4.68 Å². The molecule has 0 saturated heterocycles. The molecule has 0 unspecified atom stereocenters. The minimum atomic E-state index is -0.311. The van der Waals surface area contributed by atoms with Crippen LogP contribution in [0.15, 0.2) is 18.2 Å². The predicted molar refractivity (Wildman–Crippen MR) is 69.3 cm³/mol. The van der Waals surface area contributed by atoms with Gasteiger partial charge in [0, 0.05) is 12.7 Å². The van der Waals surface area contributed by atoms with E-state index >= 15 is 0 Å². The fraction of sp³-hybridized carbons (Fsp3) is 0.250. The number of carbonyl (C=O) groups is 1. The third-order valence-electron chi connectivity index (χ3n) is 2.61. The number of anilines is 2. The normalized spacial score (nSPS) is 10.4. The van der Waals surface area contributed by atoms with Crippen molar-refractivity contribution in [2.24, 2.45) is 7.05 Å². The number of nitrogens with one attached hydrogen (secondary N) is 1. The van der Waals surface area contributed by atoms with Crippen molar-refractivity contribution in [3.8, 4) is 0 Å². The van der Waals surface area contributed by atoms with Crippen molar-refractivity contribution < 1.29 is 4.79 Å². The molecule has 0 atom stereocenters.